The van der Waals surface area contributed by atoms with Crippen LogP contribution in [0.25, 0.3) is 0 Å². The monoisotopic (exact) mass is 572 g/mol. The van der Waals surface area contributed by atoms with Gasteiger partial charge in [0.1, 0.15) is 5.69 Å². The smallest absolute Gasteiger partial charge is 0.293 e. The molecule has 2 N–H and O–H groups in total. The summed E-state index contributed by atoms with van der Waals surface area (Å²) < 4.78 is 0. The Kier molecular flexibility index (Phi) is 9.24. The Morgan fingerprint density at radius 3 is 2.23 bits per heavy atom. The van der Waals surface area contributed by atoms with Gasteiger partial charge in [0.15, 0.2) is 5.11 Å². The van der Waals surface area contributed by atoms with E-state index in [0.717, 1.165) is 38.0 Å². The van der Waals surface area contributed by atoms with Gasteiger partial charge in [-0.3, -0.25) is 25.0 Å². The quantitative estimate of drug-likeness (QED) is 0.292. The first-order chi connectivity index (χ1) is 18.6. The third-order valence-electron chi connectivity index (χ3n) is 6.99. The normalized spacial score (nSPS) is 15.7. The molecule has 2 aliphatic rings. The number of piperazine rings is 1. The van der Waals surface area contributed by atoms with Crippen molar-refractivity contribution in [2.24, 2.45) is 5.92 Å². The molecule has 2 fully saturated rings. The van der Waals surface area contributed by atoms with E-state index < -0.39 is 10.8 Å². The van der Waals surface area contributed by atoms with E-state index in [9.17, 15) is 19.7 Å². The highest BCUT2D eigenvalue weighted by molar-refractivity contribution is 7.80. The standard InChI is InChI=1S/C27H33ClN6O4S/c1-18(2)26(36)33-14-12-32(13-15-33)22-9-7-20(28)17-21(22)29-27(39)30-25(35)19-6-8-23(24(16-19)34(37)38)31-10-4-3-5-11-31/h6-9,16-18H,3-5,10-15H2,1-2H3,(H2,29,30,35,39). The molecule has 208 valence electrons. The topological polar surface area (TPSA) is 111 Å². The molecule has 0 spiro atoms. The van der Waals surface area contributed by atoms with Crippen molar-refractivity contribution in [3.05, 3.63) is 57.1 Å². The molecule has 2 heterocycles. The number of rotatable bonds is 6. The molecule has 2 amide bonds. The first-order valence-electron chi connectivity index (χ1n) is 13.1. The van der Waals surface area contributed by atoms with Crippen molar-refractivity contribution in [2.75, 3.05) is 54.4 Å². The lowest BCUT2D eigenvalue weighted by atomic mass is 10.1. The predicted octanol–water partition coefficient (Wildman–Crippen LogP) is 4.67. The molecule has 0 saturated carbocycles. The molecule has 0 radical (unpaired) electrons. The second-order valence-corrected chi connectivity index (χ2v) is 10.9. The third kappa shape index (κ3) is 6.96. The van der Waals surface area contributed by atoms with Gasteiger partial charge in [0.25, 0.3) is 11.6 Å². The van der Waals surface area contributed by atoms with E-state index in [1.165, 1.54) is 6.07 Å². The fourth-order valence-electron chi connectivity index (χ4n) is 4.96. The molecule has 39 heavy (non-hydrogen) atoms. The van der Waals surface area contributed by atoms with Crippen molar-refractivity contribution in [3.8, 4) is 0 Å². The van der Waals surface area contributed by atoms with Crippen molar-refractivity contribution in [1.29, 1.82) is 0 Å². The van der Waals surface area contributed by atoms with E-state index in [1.54, 1.807) is 24.3 Å². The molecule has 0 atom stereocenters. The molecule has 2 aromatic rings. The van der Waals surface area contributed by atoms with Crippen LogP contribution in [0.3, 0.4) is 0 Å². The summed E-state index contributed by atoms with van der Waals surface area (Å²) in [5.41, 5.74) is 2.02. The largest absolute Gasteiger partial charge is 0.366 e. The van der Waals surface area contributed by atoms with Crippen molar-refractivity contribution < 1.29 is 14.5 Å². The predicted molar refractivity (Wildman–Crippen MR) is 158 cm³/mol. The number of thiocarbonyl (C=S) groups is 1. The van der Waals surface area contributed by atoms with Crippen LogP contribution in [0.4, 0.5) is 22.7 Å². The minimum atomic E-state index is -0.551. The average molecular weight is 573 g/mol. The van der Waals surface area contributed by atoms with Crippen LogP contribution in [0.5, 0.6) is 0 Å². The van der Waals surface area contributed by atoms with E-state index in [-0.39, 0.29) is 28.2 Å². The van der Waals surface area contributed by atoms with Gasteiger partial charge in [0, 0.05) is 61.8 Å². The van der Waals surface area contributed by atoms with Crippen LogP contribution in [-0.2, 0) is 4.79 Å². The molecule has 2 aromatic carbocycles. The molecule has 0 bridgehead atoms. The number of nitro groups is 1. The Morgan fingerprint density at radius 1 is 0.949 bits per heavy atom. The lowest BCUT2D eigenvalue weighted by Gasteiger charge is -2.37. The molecule has 0 aromatic heterocycles. The van der Waals surface area contributed by atoms with Crippen LogP contribution in [0, 0.1) is 16.0 Å². The fourth-order valence-corrected chi connectivity index (χ4v) is 5.33. The lowest BCUT2D eigenvalue weighted by molar-refractivity contribution is -0.384. The number of nitro benzene ring substituents is 1. The van der Waals surface area contributed by atoms with Crippen LogP contribution in [0.2, 0.25) is 5.02 Å². The Morgan fingerprint density at radius 2 is 1.59 bits per heavy atom. The second-order valence-electron chi connectivity index (χ2n) is 10.0. The lowest BCUT2D eigenvalue weighted by Crippen LogP contribution is -2.50. The zero-order valence-electron chi connectivity index (χ0n) is 22.1. The number of carbonyl (C=O) groups excluding carboxylic acids is 2. The van der Waals surface area contributed by atoms with Crippen molar-refractivity contribution in [3.63, 3.8) is 0 Å². The number of nitrogens with zero attached hydrogens (tertiary/aromatic N) is 4. The van der Waals surface area contributed by atoms with Crippen LogP contribution in [-0.4, -0.2) is 66.0 Å². The molecule has 10 nitrogen and oxygen atoms in total. The number of anilines is 3. The number of halogens is 1. The summed E-state index contributed by atoms with van der Waals surface area (Å²) >= 11 is 11.7. The highest BCUT2D eigenvalue weighted by atomic mass is 35.5. The van der Waals surface area contributed by atoms with Crippen molar-refractivity contribution in [2.45, 2.75) is 33.1 Å². The first-order valence-corrected chi connectivity index (χ1v) is 13.9. The number of benzene rings is 2. The minimum absolute atomic E-state index is 0.0416. The second kappa shape index (κ2) is 12.6. The van der Waals surface area contributed by atoms with E-state index in [4.69, 9.17) is 23.8 Å². The number of hydrogen-bond donors (Lipinski definition) is 2. The highest BCUT2D eigenvalue weighted by Gasteiger charge is 2.26. The van der Waals surface area contributed by atoms with Gasteiger partial charge < -0.3 is 20.0 Å². The van der Waals surface area contributed by atoms with Gasteiger partial charge in [-0.25, -0.2) is 0 Å². The van der Waals surface area contributed by atoms with Gasteiger partial charge in [-0.1, -0.05) is 25.4 Å². The van der Waals surface area contributed by atoms with Crippen molar-refractivity contribution in [1.82, 2.24) is 10.2 Å². The van der Waals surface area contributed by atoms with Crippen molar-refractivity contribution >= 4 is 63.5 Å². The van der Waals surface area contributed by atoms with E-state index in [2.05, 4.69) is 15.5 Å². The van der Waals surface area contributed by atoms with Gasteiger partial charge in [0.2, 0.25) is 5.91 Å². The van der Waals surface area contributed by atoms with E-state index in [1.807, 2.05) is 29.7 Å². The summed E-state index contributed by atoms with van der Waals surface area (Å²) in [6.07, 6.45) is 3.07. The van der Waals surface area contributed by atoms with Gasteiger partial charge in [-0.2, -0.15) is 0 Å². The number of amides is 2. The SMILES string of the molecule is CC(C)C(=O)N1CCN(c2ccc(Cl)cc2NC(=S)NC(=O)c2ccc(N3CCCCC3)c([N+](=O)[O-])c2)CC1. The molecular formula is C27H33ClN6O4S. The maximum absolute atomic E-state index is 13.0. The number of hydrogen-bond acceptors (Lipinski definition) is 7. The summed E-state index contributed by atoms with van der Waals surface area (Å²) in [4.78, 5) is 42.6. The summed E-state index contributed by atoms with van der Waals surface area (Å²) in [6.45, 7) is 7.79. The molecule has 0 unspecified atom stereocenters. The zero-order chi connectivity index (χ0) is 28.1. The number of piperidine rings is 1. The maximum atomic E-state index is 13.0. The van der Waals surface area contributed by atoms with Gasteiger partial charge >= 0.3 is 0 Å². The summed E-state index contributed by atoms with van der Waals surface area (Å²) in [5, 5.41) is 18.0. The molecular weight excluding hydrogens is 540 g/mol. The fraction of sp³-hybridized carbons (Fsp3) is 0.444. The number of nitrogens with one attached hydrogen (secondary N) is 2. The Labute approximate surface area is 238 Å². The molecule has 0 aliphatic carbocycles. The highest BCUT2D eigenvalue weighted by Crippen LogP contribution is 2.32. The Hall–Kier alpha value is -3.44. The van der Waals surface area contributed by atoms with E-state index in [0.29, 0.717) is 42.6 Å². The number of carbonyl (C=O) groups is 2. The molecule has 4 rings (SSSR count). The summed E-state index contributed by atoms with van der Waals surface area (Å²) in [5.74, 6) is -0.463. The van der Waals surface area contributed by atoms with Crippen LogP contribution in [0.15, 0.2) is 36.4 Å². The first kappa shape index (κ1) is 28.6. The Bertz CT molecular complexity index is 1260. The summed E-state index contributed by atoms with van der Waals surface area (Å²) in [6, 6.07) is 9.88. The van der Waals surface area contributed by atoms with Crippen LogP contribution in [0.1, 0.15) is 43.5 Å². The van der Waals surface area contributed by atoms with Gasteiger partial charge in [-0.15, -0.1) is 0 Å². The zero-order valence-corrected chi connectivity index (χ0v) is 23.7. The van der Waals surface area contributed by atoms with Gasteiger partial charge in [0.05, 0.1) is 16.3 Å². The molecule has 2 saturated heterocycles. The Balaban J connectivity index is 1.44. The average Bonchev–Trinajstić information content (AvgIpc) is 2.93. The summed E-state index contributed by atoms with van der Waals surface area (Å²) in [7, 11) is 0. The van der Waals surface area contributed by atoms with E-state index >= 15 is 0 Å². The van der Waals surface area contributed by atoms with Gasteiger partial charge in [-0.05, 0) is 61.8 Å². The molecule has 2 aliphatic heterocycles. The van der Waals surface area contributed by atoms with Crippen LogP contribution < -0.4 is 20.4 Å². The third-order valence-corrected chi connectivity index (χ3v) is 7.43. The minimum Gasteiger partial charge on any atom is -0.366 e. The maximum Gasteiger partial charge on any atom is 0.293 e. The van der Waals surface area contributed by atoms with Crippen LogP contribution >= 0.6 is 23.8 Å². The molecule has 12 heteroatoms.